The summed E-state index contributed by atoms with van der Waals surface area (Å²) in [6, 6.07) is 8.09. The van der Waals surface area contributed by atoms with Crippen LogP contribution in [0, 0.1) is 0 Å². The Labute approximate surface area is 161 Å². The molecule has 1 unspecified atom stereocenters. The van der Waals surface area contributed by atoms with Crippen molar-refractivity contribution in [3.63, 3.8) is 0 Å². The van der Waals surface area contributed by atoms with Crippen LogP contribution in [0.15, 0.2) is 29.2 Å². The second-order valence-corrected chi connectivity index (χ2v) is 9.31. The average molecular weight is 378 g/mol. The Morgan fingerprint density at radius 1 is 1.27 bits per heavy atom. The number of nitrogens with zero attached hydrogens (tertiary/aromatic N) is 2. The Kier molecular flexibility index (Phi) is 7.12. The number of anilines is 1. The van der Waals surface area contributed by atoms with E-state index in [1.807, 2.05) is 67.5 Å². The summed E-state index contributed by atoms with van der Waals surface area (Å²) < 4.78 is 0. The lowest BCUT2D eigenvalue weighted by Crippen LogP contribution is -2.48. The minimum Gasteiger partial charge on any atom is -0.350 e. The zero-order valence-electron chi connectivity index (χ0n) is 16.5. The molecule has 2 amide bonds. The van der Waals surface area contributed by atoms with Crippen molar-refractivity contribution in [2.24, 2.45) is 0 Å². The molecule has 6 heteroatoms. The van der Waals surface area contributed by atoms with Crippen molar-refractivity contribution in [3.8, 4) is 0 Å². The smallest absolute Gasteiger partial charge is 0.241 e. The van der Waals surface area contributed by atoms with E-state index in [1.165, 1.54) is 0 Å². The second kappa shape index (κ2) is 8.91. The molecule has 1 aromatic rings. The number of rotatable bonds is 5. The van der Waals surface area contributed by atoms with Crippen molar-refractivity contribution < 1.29 is 9.59 Å². The fraction of sp³-hybridized carbons (Fsp3) is 0.600. The van der Waals surface area contributed by atoms with Crippen LogP contribution in [0.5, 0.6) is 0 Å². The molecule has 1 aliphatic rings. The predicted octanol–water partition coefficient (Wildman–Crippen LogP) is 3.14. The van der Waals surface area contributed by atoms with Crippen molar-refractivity contribution >= 4 is 29.3 Å². The molecule has 1 aliphatic heterocycles. The molecule has 0 bridgehead atoms. The third kappa shape index (κ3) is 6.02. The summed E-state index contributed by atoms with van der Waals surface area (Å²) >= 11 is 1.82. The lowest BCUT2D eigenvalue weighted by molar-refractivity contribution is -0.125. The quantitative estimate of drug-likeness (QED) is 0.856. The molecule has 26 heavy (non-hydrogen) atoms. The summed E-state index contributed by atoms with van der Waals surface area (Å²) in [4.78, 5) is 30.1. The summed E-state index contributed by atoms with van der Waals surface area (Å²) in [5.41, 5.74) is 0.722. The van der Waals surface area contributed by atoms with Crippen molar-refractivity contribution in [2.45, 2.75) is 56.7 Å². The Bertz CT molecular complexity index is 642. The van der Waals surface area contributed by atoms with Gasteiger partial charge in [0.25, 0.3) is 0 Å². The first kappa shape index (κ1) is 20.8. The minimum absolute atomic E-state index is 0.0485. The van der Waals surface area contributed by atoms with Crippen LogP contribution in [0.25, 0.3) is 0 Å². The van der Waals surface area contributed by atoms with Crippen LogP contribution in [0.3, 0.4) is 0 Å². The lowest BCUT2D eigenvalue weighted by Gasteiger charge is -2.28. The maximum absolute atomic E-state index is 13.0. The van der Waals surface area contributed by atoms with Crippen LogP contribution in [0.2, 0.25) is 0 Å². The molecule has 0 aromatic heterocycles. The monoisotopic (exact) mass is 377 g/mol. The molecule has 2 rings (SSSR count). The molecule has 5 nitrogen and oxygen atoms in total. The molecule has 144 valence electrons. The zero-order chi connectivity index (χ0) is 19.3. The summed E-state index contributed by atoms with van der Waals surface area (Å²) in [5.74, 6) is 0.00477. The molecule has 0 fully saturated rings. The summed E-state index contributed by atoms with van der Waals surface area (Å²) in [5, 5.41) is 3.44. The molecule has 1 heterocycles. The van der Waals surface area contributed by atoms with Gasteiger partial charge in [-0.25, -0.2) is 0 Å². The highest BCUT2D eigenvalue weighted by Gasteiger charge is 2.26. The van der Waals surface area contributed by atoms with Gasteiger partial charge >= 0.3 is 0 Å². The number of amides is 2. The SMILES string of the molecule is CCN(CC(=O)NC(C)(C)C)CC(=O)N1CCC(C)Sc2ccccc21. The predicted molar refractivity (Wildman–Crippen MR) is 109 cm³/mol. The highest BCUT2D eigenvalue weighted by Crippen LogP contribution is 2.37. The maximum Gasteiger partial charge on any atom is 0.241 e. The largest absolute Gasteiger partial charge is 0.350 e. The summed E-state index contributed by atoms with van der Waals surface area (Å²) in [6.07, 6.45) is 0.960. The number of fused-ring (bicyclic) bond motifs is 1. The van der Waals surface area contributed by atoms with Crippen LogP contribution >= 0.6 is 11.8 Å². The molecule has 0 spiro atoms. The molecule has 0 saturated carbocycles. The van der Waals surface area contributed by atoms with Crippen LogP contribution in [-0.4, -0.2) is 53.7 Å². The molecule has 1 atom stereocenters. The van der Waals surface area contributed by atoms with Gasteiger partial charge in [0.15, 0.2) is 0 Å². The number of benzene rings is 1. The van der Waals surface area contributed by atoms with Crippen molar-refractivity contribution in [2.75, 3.05) is 31.1 Å². The van der Waals surface area contributed by atoms with E-state index in [0.29, 0.717) is 11.8 Å². The van der Waals surface area contributed by atoms with Gasteiger partial charge in [-0.05, 0) is 45.9 Å². The summed E-state index contributed by atoms with van der Waals surface area (Å²) in [6.45, 7) is 11.9. The highest BCUT2D eigenvalue weighted by molar-refractivity contribution is 8.00. The Balaban J connectivity index is 2.06. The van der Waals surface area contributed by atoms with Gasteiger partial charge in [0.2, 0.25) is 11.8 Å². The van der Waals surface area contributed by atoms with E-state index in [9.17, 15) is 9.59 Å². The van der Waals surface area contributed by atoms with Gasteiger partial charge in [-0.1, -0.05) is 26.0 Å². The van der Waals surface area contributed by atoms with Gasteiger partial charge in [0, 0.05) is 22.2 Å². The van der Waals surface area contributed by atoms with Crippen LogP contribution < -0.4 is 10.2 Å². The fourth-order valence-electron chi connectivity index (χ4n) is 2.96. The van der Waals surface area contributed by atoms with Crippen LogP contribution in [0.1, 0.15) is 41.0 Å². The van der Waals surface area contributed by atoms with Crippen LogP contribution in [-0.2, 0) is 9.59 Å². The van der Waals surface area contributed by atoms with E-state index >= 15 is 0 Å². The average Bonchev–Trinajstić information content (AvgIpc) is 2.70. The Morgan fingerprint density at radius 3 is 2.62 bits per heavy atom. The number of nitrogens with one attached hydrogen (secondary N) is 1. The molecule has 1 N–H and O–H groups in total. The first-order valence-electron chi connectivity index (χ1n) is 9.29. The number of thioether (sulfide) groups is 1. The van der Waals surface area contributed by atoms with Gasteiger partial charge < -0.3 is 10.2 Å². The van der Waals surface area contributed by atoms with Gasteiger partial charge in [0.1, 0.15) is 0 Å². The van der Waals surface area contributed by atoms with Crippen molar-refractivity contribution in [1.82, 2.24) is 10.2 Å². The molecule has 0 aliphatic carbocycles. The van der Waals surface area contributed by atoms with Gasteiger partial charge in [-0.15, -0.1) is 11.8 Å². The third-order valence-electron chi connectivity index (χ3n) is 4.23. The molecule has 0 saturated heterocycles. The first-order valence-corrected chi connectivity index (χ1v) is 10.2. The Morgan fingerprint density at radius 2 is 1.96 bits per heavy atom. The summed E-state index contributed by atoms with van der Waals surface area (Å²) in [7, 11) is 0. The molecule has 1 aromatic carbocycles. The normalized spacial score (nSPS) is 17.6. The third-order valence-corrected chi connectivity index (χ3v) is 5.47. The number of hydrogen-bond donors (Lipinski definition) is 1. The van der Waals surface area contributed by atoms with Crippen LogP contribution in [0.4, 0.5) is 5.69 Å². The number of likely N-dealkylation sites (N-methyl/N-ethyl adjacent to an activating group) is 1. The Hall–Kier alpha value is -1.53. The van der Waals surface area contributed by atoms with Gasteiger partial charge in [-0.2, -0.15) is 0 Å². The number of para-hydroxylation sites is 1. The topological polar surface area (TPSA) is 52.7 Å². The standard InChI is InChI=1S/C20H31N3O2S/c1-6-22(13-18(24)21-20(3,4)5)14-19(25)23-12-11-15(2)26-17-10-8-7-9-16(17)23/h7-10,15H,6,11-14H2,1-5H3,(H,21,24). The van der Waals surface area contributed by atoms with Crippen molar-refractivity contribution in [1.29, 1.82) is 0 Å². The van der Waals surface area contributed by atoms with Crippen molar-refractivity contribution in [3.05, 3.63) is 24.3 Å². The molecule has 0 radical (unpaired) electrons. The van der Waals surface area contributed by atoms with E-state index in [4.69, 9.17) is 0 Å². The maximum atomic E-state index is 13.0. The molecular weight excluding hydrogens is 346 g/mol. The van der Waals surface area contributed by atoms with E-state index in [0.717, 1.165) is 23.5 Å². The number of carbonyl (C=O) groups excluding carboxylic acids is 2. The first-order chi connectivity index (χ1) is 12.2. The number of hydrogen-bond acceptors (Lipinski definition) is 4. The minimum atomic E-state index is -0.266. The van der Waals surface area contributed by atoms with E-state index in [-0.39, 0.29) is 30.4 Å². The van der Waals surface area contributed by atoms with E-state index in [1.54, 1.807) is 0 Å². The van der Waals surface area contributed by atoms with E-state index < -0.39 is 0 Å². The number of carbonyl (C=O) groups is 2. The molecular formula is C20H31N3O2S. The van der Waals surface area contributed by atoms with Gasteiger partial charge in [-0.3, -0.25) is 14.5 Å². The van der Waals surface area contributed by atoms with E-state index in [2.05, 4.69) is 18.3 Å². The lowest BCUT2D eigenvalue weighted by atomic mass is 10.1. The zero-order valence-corrected chi connectivity index (χ0v) is 17.4. The second-order valence-electron chi connectivity index (χ2n) is 7.83. The van der Waals surface area contributed by atoms with Gasteiger partial charge in [0.05, 0.1) is 18.8 Å². The highest BCUT2D eigenvalue weighted by atomic mass is 32.2. The fourth-order valence-corrected chi connectivity index (χ4v) is 4.08.